The molecule has 0 aliphatic carbocycles. The van der Waals surface area contributed by atoms with E-state index < -0.39 is 5.91 Å². The number of rotatable bonds is 3. The number of hydrogen-bond donors (Lipinski definition) is 2. The number of ether oxygens (including phenoxy) is 1. The smallest absolute Gasteiger partial charge is 0.254 e. The summed E-state index contributed by atoms with van der Waals surface area (Å²) in [5.74, 6) is -0.424. The monoisotopic (exact) mass is 416 g/mol. The molecule has 0 spiro atoms. The highest BCUT2D eigenvalue weighted by molar-refractivity contribution is 9.10. The summed E-state index contributed by atoms with van der Waals surface area (Å²) in [4.78, 5) is 33.7. The van der Waals surface area contributed by atoms with Crippen molar-refractivity contribution in [1.82, 2.24) is 14.9 Å². The summed E-state index contributed by atoms with van der Waals surface area (Å²) in [6.45, 7) is 2.32. The van der Waals surface area contributed by atoms with Crippen LogP contribution in [0.15, 0.2) is 28.9 Å². The van der Waals surface area contributed by atoms with E-state index >= 15 is 0 Å². The maximum atomic E-state index is 12.7. The predicted octanol–water partition coefficient (Wildman–Crippen LogP) is 1.98. The highest BCUT2D eigenvalue weighted by Gasteiger charge is 2.20. The zero-order valence-corrected chi connectivity index (χ0v) is 15.5. The molecule has 3 aromatic rings. The van der Waals surface area contributed by atoms with Gasteiger partial charge in [-0.05, 0) is 45.8 Å². The van der Waals surface area contributed by atoms with E-state index in [4.69, 9.17) is 10.5 Å². The third kappa shape index (κ3) is 3.06. The number of nitrogens with two attached hydrogens (primary N) is 1. The Hall–Kier alpha value is -2.45. The van der Waals surface area contributed by atoms with Crippen molar-refractivity contribution in [3.8, 4) is 0 Å². The number of amides is 2. The Bertz CT molecular complexity index is 1020. The fraction of sp³-hybridized carbons (Fsp3) is 0.278. The van der Waals surface area contributed by atoms with Crippen LogP contribution in [0.5, 0.6) is 0 Å². The minimum Gasteiger partial charge on any atom is -0.378 e. The third-order valence-electron chi connectivity index (χ3n) is 4.51. The first kappa shape index (κ1) is 17.0. The lowest BCUT2D eigenvalue weighted by Gasteiger charge is -2.26. The predicted molar refractivity (Wildman–Crippen MR) is 101 cm³/mol. The molecule has 0 bridgehead atoms. The van der Waals surface area contributed by atoms with Gasteiger partial charge in [-0.2, -0.15) is 0 Å². The molecule has 1 fully saturated rings. The summed E-state index contributed by atoms with van der Waals surface area (Å²) >= 11 is 3.38. The molecule has 0 radical (unpaired) electrons. The molecule has 0 saturated carbocycles. The van der Waals surface area contributed by atoms with Gasteiger partial charge in [-0.15, -0.1) is 0 Å². The molecule has 2 amide bonds. The van der Waals surface area contributed by atoms with Crippen molar-refractivity contribution in [2.75, 3.05) is 26.3 Å². The van der Waals surface area contributed by atoms with Gasteiger partial charge >= 0.3 is 0 Å². The molecule has 3 N–H and O–H groups in total. The maximum Gasteiger partial charge on any atom is 0.254 e. The topological polar surface area (TPSA) is 101 Å². The van der Waals surface area contributed by atoms with Gasteiger partial charge in [0.15, 0.2) is 0 Å². The highest BCUT2D eigenvalue weighted by atomic mass is 79.9. The van der Waals surface area contributed by atoms with Crippen molar-refractivity contribution < 1.29 is 14.3 Å². The second-order valence-corrected chi connectivity index (χ2v) is 7.07. The van der Waals surface area contributed by atoms with Gasteiger partial charge in [0.1, 0.15) is 4.60 Å². The number of halogens is 1. The van der Waals surface area contributed by atoms with Crippen LogP contribution in [0.1, 0.15) is 15.9 Å². The zero-order valence-electron chi connectivity index (χ0n) is 13.9. The van der Waals surface area contributed by atoms with Crippen LogP contribution in [0.25, 0.3) is 21.9 Å². The van der Waals surface area contributed by atoms with E-state index in [-0.39, 0.29) is 12.3 Å². The number of primary amides is 1. The molecule has 26 heavy (non-hydrogen) atoms. The molecule has 8 heteroatoms. The van der Waals surface area contributed by atoms with Crippen LogP contribution in [-0.4, -0.2) is 53.0 Å². The van der Waals surface area contributed by atoms with Crippen molar-refractivity contribution in [3.63, 3.8) is 0 Å². The van der Waals surface area contributed by atoms with Crippen LogP contribution in [0.2, 0.25) is 0 Å². The normalized spacial score (nSPS) is 14.9. The largest absolute Gasteiger partial charge is 0.378 e. The fourth-order valence-corrected chi connectivity index (χ4v) is 3.75. The second kappa shape index (κ2) is 6.69. The first-order valence-corrected chi connectivity index (χ1v) is 9.08. The van der Waals surface area contributed by atoms with Crippen LogP contribution in [-0.2, 0) is 16.0 Å². The van der Waals surface area contributed by atoms with E-state index in [0.717, 1.165) is 27.5 Å². The minimum atomic E-state index is -0.411. The van der Waals surface area contributed by atoms with E-state index in [1.807, 2.05) is 18.2 Å². The molecule has 4 rings (SSSR count). The lowest BCUT2D eigenvalue weighted by molar-refractivity contribution is -0.117. The Morgan fingerprint density at radius 1 is 1.27 bits per heavy atom. The summed E-state index contributed by atoms with van der Waals surface area (Å²) in [5.41, 5.74) is 9.05. The second-order valence-electron chi connectivity index (χ2n) is 6.26. The van der Waals surface area contributed by atoms with Crippen molar-refractivity contribution >= 4 is 49.7 Å². The van der Waals surface area contributed by atoms with Crippen molar-refractivity contribution in [2.24, 2.45) is 5.73 Å². The first-order valence-electron chi connectivity index (χ1n) is 8.29. The molecule has 1 saturated heterocycles. The molecule has 2 aromatic heterocycles. The Kier molecular flexibility index (Phi) is 4.37. The summed E-state index contributed by atoms with van der Waals surface area (Å²) in [7, 11) is 0. The number of carbonyl (C=O) groups excluding carboxylic acids is 2. The number of nitrogens with one attached hydrogen (secondary N) is 1. The van der Waals surface area contributed by atoms with Crippen LogP contribution in [0, 0.1) is 0 Å². The number of aromatic amines is 1. The van der Waals surface area contributed by atoms with Crippen LogP contribution >= 0.6 is 15.9 Å². The Morgan fingerprint density at radius 2 is 2.04 bits per heavy atom. The lowest BCUT2D eigenvalue weighted by Crippen LogP contribution is -2.40. The van der Waals surface area contributed by atoms with Gasteiger partial charge in [-0.3, -0.25) is 9.59 Å². The van der Waals surface area contributed by atoms with Crippen LogP contribution < -0.4 is 5.73 Å². The molecule has 0 unspecified atom stereocenters. The van der Waals surface area contributed by atoms with E-state index in [1.54, 1.807) is 11.0 Å². The van der Waals surface area contributed by atoms with Gasteiger partial charge < -0.3 is 20.4 Å². The van der Waals surface area contributed by atoms with Crippen LogP contribution in [0.4, 0.5) is 0 Å². The molecule has 134 valence electrons. The quantitative estimate of drug-likeness (QED) is 0.637. The zero-order chi connectivity index (χ0) is 18.3. The highest BCUT2D eigenvalue weighted by Crippen LogP contribution is 2.29. The molecule has 3 heterocycles. The number of fused-ring (bicyclic) bond motifs is 3. The molecule has 0 atom stereocenters. The molecule has 1 aliphatic rings. The van der Waals surface area contributed by atoms with Gasteiger partial charge in [0.05, 0.1) is 30.7 Å². The number of pyridine rings is 1. The molecule has 7 nitrogen and oxygen atoms in total. The van der Waals surface area contributed by atoms with E-state index in [2.05, 4.69) is 25.9 Å². The number of H-pyrrole nitrogens is 1. The summed E-state index contributed by atoms with van der Waals surface area (Å²) in [6, 6.07) is 7.30. The number of hydrogen-bond acceptors (Lipinski definition) is 4. The third-order valence-corrected chi connectivity index (χ3v) is 4.92. The number of morpholine rings is 1. The van der Waals surface area contributed by atoms with Crippen molar-refractivity contribution in [1.29, 1.82) is 0 Å². The standard InChI is InChI=1S/C18H17BrN4O3/c19-14-8-11(9-15(20)24)16-17(22-14)12-2-1-10(7-13(12)21-16)18(25)23-3-5-26-6-4-23/h1-2,7-8,21H,3-6,9H2,(H2,20,24). The molecular formula is C18H17BrN4O3. The maximum absolute atomic E-state index is 12.7. The number of nitrogens with zero attached hydrogens (tertiary/aromatic N) is 2. The summed E-state index contributed by atoms with van der Waals surface area (Å²) < 4.78 is 5.94. The average molecular weight is 417 g/mol. The molecule has 1 aromatic carbocycles. The van der Waals surface area contributed by atoms with Crippen LogP contribution in [0.3, 0.4) is 0 Å². The van der Waals surface area contributed by atoms with E-state index in [0.29, 0.717) is 36.5 Å². The Balaban J connectivity index is 1.80. The number of carbonyl (C=O) groups is 2. The van der Waals surface area contributed by atoms with Crippen molar-refractivity contribution in [2.45, 2.75) is 6.42 Å². The summed E-state index contributed by atoms with van der Waals surface area (Å²) in [6.07, 6.45) is 0.115. The number of aromatic nitrogens is 2. The van der Waals surface area contributed by atoms with Gasteiger partial charge in [-0.25, -0.2) is 4.98 Å². The summed E-state index contributed by atoms with van der Waals surface area (Å²) in [5, 5.41) is 0.894. The van der Waals surface area contributed by atoms with Gasteiger partial charge in [-0.1, -0.05) is 0 Å². The van der Waals surface area contributed by atoms with E-state index in [1.165, 1.54) is 0 Å². The lowest BCUT2D eigenvalue weighted by atomic mass is 10.1. The molecule has 1 aliphatic heterocycles. The van der Waals surface area contributed by atoms with E-state index in [9.17, 15) is 9.59 Å². The van der Waals surface area contributed by atoms with Gasteiger partial charge in [0, 0.05) is 29.6 Å². The first-order chi connectivity index (χ1) is 12.5. The minimum absolute atomic E-state index is 0.0136. The van der Waals surface area contributed by atoms with Gasteiger partial charge in [0.2, 0.25) is 5.91 Å². The fourth-order valence-electron chi connectivity index (χ4n) is 3.30. The molecular weight excluding hydrogens is 400 g/mol. The van der Waals surface area contributed by atoms with Gasteiger partial charge in [0.25, 0.3) is 5.91 Å². The number of benzene rings is 1. The Labute approximate surface area is 157 Å². The SMILES string of the molecule is NC(=O)Cc1cc(Br)nc2c1[nH]c1cc(C(=O)N3CCOCC3)ccc12. The van der Waals surface area contributed by atoms with Crippen molar-refractivity contribution in [3.05, 3.63) is 40.0 Å². The average Bonchev–Trinajstić information content (AvgIpc) is 2.99. The Morgan fingerprint density at radius 3 is 2.77 bits per heavy atom.